The van der Waals surface area contributed by atoms with Gasteiger partial charge in [0.2, 0.25) is 15.9 Å². The van der Waals surface area contributed by atoms with E-state index in [9.17, 15) is 17.6 Å². The number of benzene rings is 4. The van der Waals surface area contributed by atoms with Crippen molar-refractivity contribution in [3.05, 3.63) is 108 Å². The second-order valence-electron chi connectivity index (χ2n) is 10.5. The Morgan fingerprint density at radius 2 is 1.68 bits per heavy atom. The molecule has 0 saturated carbocycles. The molecule has 1 fully saturated rings. The van der Waals surface area contributed by atoms with E-state index in [1.165, 1.54) is 51.7 Å². The van der Waals surface area contributed by atoms with Gasteiger partial charge in [-0.1, -0.05) is 37.3 Å². The second-order valence-corrected chi connectivity index (χ2v) is 12.4. The van der Waals surface area contributed by atoms with E-state index in [2.05, 4.69) is 5.32 Å². The molecule has 0 spiro atoms. The number of nitrogens with one attached hydrogen (secondary N) is 1. The first-order valence-electron chi connectivity index (χ1n) is 14.3. The molecule has 0 bridgehead atoms. The molecule has 0 aliphatic carbocycles. The van der Waals surface area contributed by atoms with Crippen LogP contribution in [0.15, 0.2) is 89.8 Å². The summed E-state index contributed by atoms with van der Waals surface area (Å²) < 4.78 is 72.9. The van der Waals surface area contributed by atoms with Crippen molar-refractivity contribution in [2.24, 2.45) is 0 Å². The third-order valence-corrected chi connectivity index (χ3v) is 9.78. The third kappa shape index (κ3) is 6.21. The minimum absolute atomic E-state index is 0.0739. The topological polar surface area (TPSA) is 95.7 Å². The maximum atomic E-state index is 15.6. The van der Waals surface area contributed by atoms with Crippen LogP contribution in [-0.2, 0) is 21.2 Å². The summed E-state index contributed by atoms with van der Waals surface area (Å²) in [5.74, 6) is -2.19. The maximum absolute atomic E-state index is 15.6. The molecule has 0 aromatic heterocycles. The smallest absolute Gasteiger partial charge is 0.243 e. The largest absolute Gasteiger partial charge is 0.396 e. The number of nitrogens with zero attached hydrogens (tertiary/aromatic N) is 2. The number of carbonyl (C=O) groups is 1. The summed E-state index contributed by atoms with van der Waals surface area (Å²) in [6.07, 6.45) is 0.431. The SMILES string of the molecule is CCC(=O)N(c1ccc(F)cc1)c1ccc(F)c(N)c1-c1cccc(F)c1CC[C@H]1CNCCN1S(=O)(=O)c1ccccc1. The predicted molar refractivity (Wildman–Crippen MR) is 165 cm³/mol. The molecule has 5 rings (SSSR count). The Balaban J connectivity index is 1.56. The highest BCUT2D eigenvalue weighted by atomic mass is 32.2. The summed E-state index contributed by atoms with van der Waals surface area (Å²) in [6, 6.07) is 19.8. The molecule has 44 heavy (non-hydrogen) atoms. The number of rotatable bonds is 9. The average Bonchev–Trinajstić information content (AvgIpc) is 3.03. The van der Waals surface area contributed by atoms with Crippen molar-refractivity contribution in [2.45, 2.75) is 37.1 Å². The zero-order valence-corrected chi connectivity index (χ0v) is 25.0. The number of halogens is 3. The summed E-state index contributed by atoms with van der Waals surface area (Å²) in [4.78, 5) is 14.8. The molecule has 0 radical (unpaired) electrons. The van der Waals surface area contributed by atoms with Gasteiger partial charge >= 0.3 is 0 Å². The van der Waals surface area contributed by atoms with Crippen LogP contribution in [0.25, 0.3) is 11.1 Å². The van der Waals surface area contributed by atoms with Crippen LogP contribution in [0.1, 0.15) is 25.3 Å². The molecular weight excluding hydrogens is 589 g/mol. The Morgan fingerprint density at radius 1 is 0.955 bits per heavy atom. The van der Waals surface area contributed by atoms with Gasteiger partial charge in [-0.25, -0.2) is 21.6 Å². The first kappa shape index (κ1) is 31.2. The number of hydrogen-bond donors (Lipinski definition) is 2. The van der Waals surface area contributed by atoms with E-state index >= 15 is 8.78 Å². The Kier molecular flexibility index (Phi) is 9.38. The molecule has 7 nitrogen and oxygen atoms in total. The molecule has 3 N–H and O–H groups in total. The third-order valence-electron chi connectivity index (χ3n) is 7.81. The normalized spacial score (nSPS) is 15.7. The van der Waals surface area contributed by atoms with Crippen molar-refractivity contribution in [1.29, 1.82) is 0 Å². The minimum Gasteiger partial charge on any atom is -0.396 e. The summed E-state index contributed by atoms with van der Waals surface area (Å²) in [6.45, 7) is 2.75. The van der Waals surface area contributed by atoms with Gasteiger partial charge in [-0.05, 0) is 78.6 Å². The van der Waals surface area contributed by atoms with Gasteiger partial charge in [0.1, 0.15) is 17.5 Å². The highest BCUT2D eigenvalue weighted by Gasteiger charge is 2.34. The summed E-state index contributed by atoms with van der Waals surface area (Å²) in [7, 11) is -3.81. The standard InChI is InChI=1S/C33H33F3N4O3S/c1-2-31(41)40(23-13-11-22(34)12-14-23)30-18-17-29(36)33(37)32(30)27-9-6-10-28(35)26(27)16-15-24-21-38-19-20-39(24)44(42,43)25-7-4-3-5-8-25/h3-14,17-18,24,38H,2,15-16,19-21,37H2,1H3/t24-/m0/s1. The number of hydrogen-bond acceptors (Lipinski definition) is 5. The van der Waals surface area contributed by atoms with E-state index in [0.29, 0.717) is 18.8 Å². The number of nitrogens with two attached hydrogens (primary N) is 1. The molecule has 1 amide bonds. The van der Waals surface area contributed by atoms with Crippen LogP contribution >= 0.6 is 0 Å². The monoisotopic (exact) mass is 622 g/mol. The Morgan fingerprint density at radius 3 is 2.39 bits per heavy atom. The van der Waals surface area contributed by atoms with E-state index in [-0.39, 0.29) is 64.7 Å². The van der Waals surface area contributed by atoms with E-state index in [4.69, 9.17) is 5.73 Å². The van der Waals surface area contributed by atoms with Gasteiger partial charge in [-0.15, -0.1) is 0 Å². The van der Waals surface area contributed by atoms with Crippen LogP contribution in [0.5, 0.6) is 0 Å². The lowest BCUT2D eigenvalue weighted by atomic mass is 9.91. The molecule has 230 valence electrons. The Labute approximate surface area is 255 Å². The number of nitrogen functional groups attached to an aromatic ring is 1. The average molecular weight is 623 g/mol. The molecular formula is C33H33F3N4O3S. The van der Waals surface area contributed by atoms with Gasteiger partial charge in [0.05, 0.1) is 16.3 Å². The Hall–Kier alpha value is -4.19. The lowest BCUT2D eigenvalue weighted by molar-refractivity contribution is -0.117. The van der Waals surface area contributed by atoms with Crippen molar-refractivity contribution in [3.8, 4) is 11.1 Å². The zero-order chi connectivity index (χ0) is 31.4. The fourth-order valence-corrected chi connectivity index (χ4v) is 7.28. The molecule has 1 saturated heterocycles. The zero-order valence-electron chi connectivity index (χ0n) is 24.1. The van der Waals surface area contributed by atoms with Crippen molar-refractivity contribution >= 4 is 33.0 Å². The van der Waals surface area contributed by atoms with Crippen molar-refractivity contribution in [2.75, 3.05) is 30.3 Å². The van der Waals surface area contributed by atoms with Gasteiger partial charge in [-0.2, -0.15) is 4.31 Å². The number of amides is 1. The highest BCUT2D eigenvalue weighted by molar-refractivity contribution is 7.89. The lowest BCUT2D eigenvalue weighted by Crippen LogP contribution is -2.53. The molecule has 1 aliphatic heterocycles. The first-order valence-corrected chi connectivity index (χ1v) is 15.8. The van der Waals surface area contributed by atoms with Crippen molar-refractivity contribution in [1.82, 2.24) is 9.62 Å². The summed E-state index contributed by atoms with van der Waals surface area (Å²) in [5.41, 5.74) is 7.16. The second kappa shape index (κ2) is 13.2. The molecule has 1 aliphatic rings. The van der Waals surface area contributed by atoms with Crippen molar-refractivity contribution in [3.63, 3.8) is 0 Å². The summed E-state index contributed by atoms with van der Waals surface area (Å²) >= 11 is 0. The molecule has 1 heterocycles. The van der Waals surface area contributed by atoms with Crippen LogP contribution < -0.4 is 16.0 Å². The molecule has 0 unspecified atom stereocenters. The van der Waals surface area contributed by atoms with E-state index < -0.39 is 33.5 Å². The molecule has 1 atom stereocenters. The quantitative estimate of drug-likeness (QED) is 0.223. The number of carbonyl (C=O) groups excluding carboxylic acids is 1. The van der Waals surface area contributed by atoms with Gasteiger partial charge in [0.25, 0.3) is 0 Å². The van der Waals surface area contributed by atoms with E-state index in [1.54, 1.807) is 43.3 Å². The Bertz CT molecular complexity index is 1750. The number of piperazine rings is 1. The van der Waals surface area contributed by atoms with Crippen LogP contribution in [0, 0.1) is 17.5 Å². The first-order chi connectivity index (χ1) is 21.1. The lowest BCUT2D eigenvalue weighted by Gasteiger charge is -2.35. The van der Waals surface area contributed by atoms with Crippen LogP contribution in [-0.4, -0.2) is 44.3 Å². The number of anilines is 3. The summed E-state index contributed by atoms with van der Waals surface area (Å²) in [5, 5.41) is 3.23. The number of sulfonamides is 1. The van der Waals surface area contributed by atoms with Gasteiger partial charge in [-0.3, -0.25) is 9.69 Å². The highest BCUT2D eigenvalue weighted by Crippen LogP contribution is 2.43. The van der Waals surface area contributed by atoms with Gasteiger partial charge in [0, 0.05) is 43.3 Å². The van der Waals surface area contributed by atoms with E-state index in [1.807, 2.05) is 0 Å². The molecule has 4 aromatic rings. The molecule has 4 aromatic carbocycles. The maximum Gasteiger partial charge on any atom is 0.243 e. The fourth-order valence-electron chi connectivity index (χ4n) is 5.61. The predicted octanol–water partition coefficient (Wildman–Crippen LogP) is 6.02. The van der Waals surface area contributed by atoms with Gasteiger partial charge in [0.15, 0.2) is 0 Å². The molecule has 11 heteroatoms. The van der Waals surface area contributed by atoms with Crippen LogP contribution in [0.2, 0.25) is 0 Å². The minimum atomic E-state index is -3.81. The van der Waals surface area contributed by atoms with Crippen LogP contribution in [0.3, 0.4) is 0 Å². The van der Waals surface area contributed by atoms with Crippen LogP contribution in [0.4, 0.5) is 30.2 Å². The van der Waals surface area contributed by atoms with Crippen molar-refractivity contribution < 1.29 is 26.4 Å². The fraction of sp³-hybridized carbons (Fsp3) is 0.242. The van der Waals surface area contributed by atoms with Gasteiger partial charge < -0.3 is 11.1 Å². The van der Waals surface area contributed by atoms with E-state index in [0.717, 1.165) is 6.07 Å².